The van der Waals surface area contributed by atoms with Gasteiger partial charge >= 0.3 is 11.9 Å². The predicted octanol–water partition coefficient (Wildman–Crippen LogP) is 2.81. The molecule has 1 heterocycles. The Hall–Kier alpha value is -2.67. The Kier molecular flexibility index (Phi) is 7.13. The van der Waals surface area contributed by atoms with Crippen LogP contribution in [0.5, 0.6) is 0 Å². The van der Waals surface area contributed by atoms with E-state index in [-0.39, 0.29) is 17.8 Å². The van der Waals surface area contributed by atoms with E-state index in [1.807, 2.05) is 13.8 Å². The van der Waals surface area contributed by atoms with Crippen molar-refractivity contribution < 1.29 is 28.6 Å². The lowest BCUT2D eigenvalue weighted by Crippen LogP contribution is -2.26. The molecule has 0 saturated heterocycles. The van der Waals surface area contributed by atoms with Gasteiger partial charge in [-0.2, -0.15) is 0 Å². The van der Waals surface area contributed by atoms with Crippen LogP contribution in [0.15, 0.2) is 41.0 Å². The van der Waals surface area contributed by atoms with Crippen LogP contribution in [0.4, 0.5) is 4.39 Å². The maximum Gasteiger partial charge on any atom is 0.328 e. The molecule has 1 aromatic heterocycles. The molecule has 0 fully saturated rings. The summed E-state index contributed by atoms with van der Waals surface area (Å²) in [4.78, 5) is 19.1. The van der Waals surface area contributed by atoms with Gasteiger partial charge in [0.25, 0.3) is 0 Å². The van der Waals surface area contributed by atoms with Gasteiger partial charge in [-0.1, -0.05) is 6.92 Å². The summed E-state index contributed by atoms with van der Waals surface area (Å²) in [5.41, 5.74) is 7.18. The number of rotatable bonds is 5. The van der Waals surface area contributed by atoms with E-state index in [4.69, 9.17) is 20.4 Å². The van der Waals surface area contributed by atoms with Gasteiger partial charge in [-0.3, -0.25) is 0 Å². The van der Waals surface area contributed by atoms with Gasteiger partial charge in [0, 0.05) is 23.6 Å². The van der Waals surface area contributed by atoms with Gasteiger partial charge in [-0.05, 0) is 43.0 Å². The second kappa shape index (κ2) is 8.83. The molecule has 0 saturated carbocycles. The zero-order chi connectivity index (χ0) is 18.3. The number of nitrogens with two attached hydrogens (primary N) is 1. The third-order valence-electron chi connectivity index (χ3n) is 3.43. The zero-order valence-corrected chi connectivity index (χ0v) is 13.4. The van der Waals surface area contributed by atoms with Crippen molar-refractivity contribution in [2.24, 2.45) is 11.7 Å². The highest BCUT2D eigenvalue weighted by atomic mass is 19.1. The minimum absolute atomic E-state index is 0.0618. The molecule has 0 aliphatic rings. The van der Waals surface area contributed by atoms with E-state index < -0.39 is 11.9 Å². The number of carboxylic acids is 2. The molecule has 2 aromatic rings. The second-order valence-electron chi connectivity index (χ2n) is 5.45. The number of halogens is 1. The smallest absolute Gasteiger partial charge is 0.328 e. The zero-order valence-electron chi connectivity index (χ0n) is 13.4. The number of furan rings is 1. The first kappa shape index (κ1) is 19.4. The molecule has 2 atom stereocenters. The van der Waals surface area contributed by atoms with Gasteiger partial charge in [0.15, 0.2) is 0 Å². The predicted molar refractivity (Wildman–Crippen MR) is 87.1 cm³/mol. The van der Waals surface area contributed by atoms with Gasteiger partial charge < -0.3 is 20.4 Å². The van der Waals surface area contributed by atoms with Gasteiger partial charge in [-0.15, -0.1) is 0 Å². The van der Waals surface area contributed by atoms with Crippen LogP contribution in [0, 0.1) is 11.7 Å². The highest BCUT2D eigenvalue weighted by Crippen LogP contribution is 2.22. The number of fused-ring (bicyclic) bond motifs is 1. The first-order valence-corrected chi connectivity index (χ1v) is 7.25. The van der Waals surface area contributed by atoms with Crippen molar-refractivity contribution in [2.45, 2.75) is 26.3 Å². The lowest BCUT2D eigenvalue weighted by Gasteiger charge is -2.15. The minimum Gasteiger partial charge on any atom is -0.478 e. The van der Waals surface area contributed by atoms with Crippen molar-refractivity contribution in [3.8, 4) is 0 Å². The summed E-state index contributed by atoms with van der Waals surface area (Å²) < 4.78 is 19.0. The standard InChI is InChI=1S/C13H16FNO.C4H4O4/c1-8(9(2)15)5-11-7-13-10(3-4-16-13)6-12(11)14;5-3(6)1-2-4(7)8/h3-4,6-9H,5,15H2,1-2H3;1-2H,(H,5,6)(H,7,8). The fourth-order valence-electron chi connectivity index (χ4n) is 1.86. The van der Waals surface area contributed by atoms with Gasteiger partial charge in [0.2, 0.25) is 0 Å². The Morgan fingerprint density at radius 1 is 1.25 bits per heavy atom. The molecule has 24 heavy (non-hydrogen) atoms. The van der Waals surface area contributed by atoms with Crippen LogP contribution in [0.25, 0.3) is 11.0 Å². The number of carboxylic acid groups (broad SMARTS) is 2. The maximum absolute atomic E-state index is 13.7. The van der Waals surface area contributed by atoms with E-state index in [2.05, 4.69) is 0 Å². The number of hydrogen-bond acceptors (Lipinski definition) is 4. The van der Waals surface area contributed by atoms with E-state index in [9.17, 15) is 14.0 Å². The Morgan fingerprint density at radius 3 is 2.33 bits per heavy atom. The Morgan fingerprint density at radius 2 is 1.83 bits per heavy atom. The van der Waals surface area contributed by atoms with Gasteiger partial charge in [0.05, 0.1) is 6.26 Å². The summed E-state index contributed by atoms with van der Waals surface area (Å²) in [5.74, 6) is -2.44. The maximum atomic E-state index is 13.7. The molecule has 0 spiro atoms. The largest absolute Gasteiger partial charge is 0.478 e. The van der Waals surface area contributed by atoms with Gasteiger partial charge in [-0.25, -0.2) is 14.0 Å². The van der Waals surface area contributed by atoms with Crippen LogP contribution in [0.2, 0.25) is 0 Å². The average Bonchev–Trinajstić information content (AvgIpc) is 2.93. The number of benzene rings is 1. The topological polar surface area (TPSA) is 114 Å². The van der Waals surface area contributed by atoms with Crippen LogP contribution in [-0.2, 0) is 16.0 Å². The summed E-state index contributed by atoms with van der Waals surface area (Å²) in [6, 6.07) is 5.11. The molecule has 2 unspecified atom stereocenters. The molecule has 130 valence electrons. The van der Waals surface area contributed by atoms with Crippen molar-refractivity contribution in [2.75, 3.05) is 0 Å². The SMILES string of the molecule is CC(N)C(C)Cc1cc2occc2cc1F.O=C(O)C=CC(=O)O. The third kappa shape index (κ3) is 6.21. The average molecular weight is 337 g/mol. The van der Waals surface area contributed by atoms with E-state index in [1.165, 1.54) is 6.07 Å². The first-order chi connectivity index (χ1) is 11.2. The number of aliphatic carboxylic acids is 2. The van der Waals surface area contributed by atoms with Crippen LogP contribution in [0.1, 0.15) is 19.4 Å². The molecule has 1 aromatic carbocycles. The summed E-state index contributed by atoms with van der Waals surface area (Å²) in [6.45, 7) is 3.96. The normalized spacial score (nSPS) is 13.3. The molecule has 2 rings (SSSR count). The van der Waals surface area contributed by atoms with Crippen molar-refractivity contribution in [1.29, 1.82) is 0 Å². The molecule has 4 N–H and O–H groups in total. The Labute approximate surface area is 138 Å². The van der Waals surface area contributed by atoms with Crippen molar-refractivity contribution >= 4 is 22.9 Å². The Bertz CT molecular complexity index is 720. The molecule has 7 heteroatoms. The third-order valence-corrected chi connectivity index (χ3v) is 3.43. The highest BCUT2D eigenvalue weighted by Gasteiger charge is 2.13. The summed E-state index contributed by atoms with van der Waals surface area (Å²) in [6.07, 6.45) is 3.33. The fraction of sp³-hybridized carbons (Fsp3) is 0.294. The molecule has 0 amide bonds. The lowest BCUT2D eigenvalue weighted by atomic mass is 9.95. The van der Waals surface area contributed by atoms with Crippen LogP contribution in [-0.4, -0.2) is 28.2 Å². The van der Waals surface area contributed by atoms with E-state index in [0.717, 1.165) is 11.0 Å². The summed E-state index contributed by atoms with van der Waals surface area (Å²) in [5, 5.41) is 16.4. The molecule has 6 nitrogen and oxygen atoms in total. The van der Waals surface area contributed by atoms with E-state index >= 15 is 0 Å². The van der Waals surface area contributed by atoms with Crippen LogP contribution < -0.4 is 5.73 Å². The fourth-order valence-corrected chi connectivity index (χ4v) is 1.86. The number of carbonyl (C=O) groups is 2. The van der Waals surface area contributed by atoms with Gasteiger partial charge in [0.1, 0.15) is 11.4 Å². The molecular formula is C17H20FNO5. The van der Waals surface area contributed by atoms with Crippen LogP contribution >= 0.6 is 0 Å². The summed E-state index contributed by atoms with van der Waals surface area (Å²) >= 11 is 0. The Balaban J connectivity index is 0.000000307. The van der Waals surface area contributed by atoms with Crippen LogP contribution in [0.3, 0.4) is 0 Å². The monoisotopic (exact) mass is 337 g/mol. The minimum atomic E-state index is -1.26. The quantitative estimate of drug-likeness (QED) is 0.723. The summed E-state index contributed by atoms with van der Waals surface area (Å²) in [7, 11) is 0. The molecule has 0 aliphatic heterocycles. The first-order valence-electron chi connectivity index (χ1n) is 7.25. The highest BCUT2D eigenvalue weighted by molar-refractivity contribution is 5.89. The van der Waals surface area contributed by atoms with Crippen molar-refractivity contribution in [3.05, 3.63) is 48.0 Å². The molecule has 0 radical (unpaired) electrons. The van der Waals surface area contributed by atoms with E-state index in [1.54, 1.807) is 18.4 Å². The van der Waals surface area contributed by atoms with E-state index in [0.29, 0.717) is 24.1 Å². The second-order valence-corrected chi connectivity index (χ2v) is 5.45. The molecule has 0 aliphatic carbocycles. The van der Waals surface area contributed by atoms with Crippen molar-refractivity contribution in [1.82, 2.24) is 0 Å². The van der Waals surface area contributed by atoms with Crippen molar-refractivity contribution in [3.63, 3.8) is 0 Å². The number of hydrogen-bond donors (Lipinski definition) is 3. The molecule has 0 bridgehead atoms. The lowest BCUT2D eigenvalue weighted by molar-refractivity contribution is -0.134. The molecular weight excluding hydrogens is 317 g/mol.